The highest BCUT2D eigenvalue weighted by Crippen LogP contribution is 2.33. The van der Waals surface area contributed by atoms with Gasteiger partial charge in [0.25, 0.3) is 5.56 Å². The Morgan fingerprint density at radius 3 is 1.75 bits per heavy atom. The maximum absolute atomic E-state index is 12.8. The van der Waals surface area contributed by atoms with Gasteiger partial charge >= 0.3 is 0 Å². The minimum Gasteiger partial charge on any atom is -0.299 e. The van der Waals surface area contributed by atoms with Crippen LogP contribution in [0.25, 0.3) is 67.1 Å². The summed E-state index contributed by atoms with van der Waals surface area (Å²) in [7, 11) is 0. The van der Waals surface area contributed by atoms with E-state index in [1.54, 1.807) is 6.07 Å². The normalized spacial score (nSPS) is 11.6. The van der Waals surface area contributed by atoms with Crippen LogP contribution in [0.5, 0.6) is 0 Å². The Bertz CT molecular complexity index is 2230. The second-order valence-electron chi connectivity index (χ2n) is 9.60. The fourth-order valence-corrected chi connectivity index (χ4v) is 5.37. The van der Waals surface area contributed by atoms with E-state index in [1.807, 2.05) is 108 Å². The standard InChI is InChI=1S/C33H20N6O/c40-32-24-16-8-9-17-26(24)38-20-28-25(19-29(38)34-32)23-15-7-10-18-27(23)39(28)33-36-30(21-11-3-1-4-12-21)35-31(37-33)22-13-5-2-6-14-22/h1-20H. The van der Waals surface area contributed by atoms with E-state index in [-0.39, 0.29) is 5.56 Å². The monoisotopic (exact) mass is 516 g/mol. The van der Waals surface area contributed by atoms with E-state index in [9.17, 15) is 4.79 Å². The summed E-state index contributed by atoms with van der Waals surface area (Å²) in [6.07, 6.45) is 2.02. The highest BCUT2D eigenvalue weighted by Gasteiger charge is 2.19. The molecule has 0 amide bonds. The van der Waals surface area contributed by atoms with Crippen LogP contribution in [0.3, 0.4) is 0 Å². The molecule has 4 aromatic heterocycles. The fraction of sp³-hybridized carbons (Fsp3) is 0. The number of rotatable bonds is 3. The molecule has 40 heavy (non-hydrogen) atoms. The molecule has 0 N–H and O–H groups in total. The van der Waals surface area contributed by atoms with Crippen molar-refractivity contribution >= 4 is 38.4 Å². The minimum atomic E-state index is -0.240. The van der Waals surface area contributed by atoms with Gasteiger partial charge in [-0.3, -0.25) is 13.8 Å². The zero-order valence-corrected chi connectivity index (χ0v) is 21.1. The number of benzene rings is 4. The molecule has 188 valence electrons. The van der Waals surface area contributed by atoms with Crippen molar-refractivity contribution in [3.05, 3.63) is 132 Å². The van der Waals surface area contributed by atoms with Crippen molar-refractivity contribution in [1.82, 2.24) is 28.9 Å². The SMILES string of the molecule is O=c1nc2cc3c4ccccc4n(-c4nc(-c5ccccc5)nc(-c5ccccc5)n4)c3cn2c2ccccc12. The smallest absolute Gasteiger partial charge is 0.281 e. The molecule has 0 aliphatic rings. The van der Waals surface area contributed by atoms with Crippen LogP contribution >= 0.6 is 0 Å². The van der Waals surface area contributed by atoms with E-state index in [2.05, 4.69) is 21.7 Å². The second-order valence-corrected chi connectivity index (χ2v) is 9.60. The van der Waals surface area contributed by atoms with Gasteiger partial charge in [-0.1, -0.05) is 91.0 Å². The van der Waals surface area contributed by atoms with Gasteiger partial charge in [-0.2, -0.15) is 15.0 Å². The van der Waals surface area contributed by atoms with Crippen LogP contribution in [0.2, 0.25) is 0 Å². The Morgan fingerprint density at radius 2 is 1.07 bits per heavy atom. The summed E-state index contributed by atoms with van der Waals surface area (Å²) < 4.78 is 4.03. The first-order valence-corrected chi connectivity index (χ1v) is 13.0. The van der Waals surface area contributed by atoms with Gasteiger partial charge in [-0.15, -0.1) is 0 Å². The molecule has 0 atom stereocenters. The van der Waals surface area contributed by atoms with Gasteiger partial charge in [-0.25, -0.2) is 4.98 Å². The van der Waals surface area contributed by atoms with Crippen molar-refractivity contribution in [3.8, 4) is 28.7 Å². The van der Waals surface area contributed by atoms with Crippen molar-refractivity contribution in [2.24, 2.45) is 0 Å². The van der Waals surface area contributed by atoms with Crippen LogP contribution < -0.4 is 5.56 Å². The largest absolute Gasteiger partial charge is 0.299 e. The molecular formula is C33H20N6O. The lowest BCUT2D eigenvalue weighted by Crippen LogP contribution is -2.11. The van der Waals surface area contributed by atoms with E-state index in [0.717, 1.165) is 38.4 Å². The number of fused-ring (bicyclic) bond motifs is 6. The first kappa shape index (κ1) is 22.3. The minimum absolute atomic E-state index is 0.240. The summed E-state index contributed by atoms with van der Waals surface area (Å²) in [5.74, 6) is 1.69. The van der Waals surface area contributed by atoms with Crippen LogP contribution in [-0.4, -0.2) is 28.9 Å². The van der Waals surface area contributed by atoms with Gasteiger partial charge < -0.3 is 0 Å². The van der Waals surface area contributed by atoms with Gasteiger partial charge in [0.15, 0.2) is 11.6 Å². The molecule has 8 rings (SSSR count). The lowest BCUT2D eigenvalue weighted by atomic mass is 10.2. The van der Waals surface area contributed by atoms with Crippen molar-refractivity contribution < 1.29 is 0 Å². The summed E-state index contributed by atoms with van der Waals surface area (Å²) >= 11 is 0. The summed E-state index contributed by atoms with van der Waals surface area (Å²) in [6, 6.07) is 37.5. The third-order valence-electron chi connectivity index (χ3n) is 7.22. The fourth-order valence-electron chi connectivity index (χ4n) is 5.37. The Morgan fingerprint density at radius 1 is 0.500 bits per heavy atom. The van der Waals surface area contributed by atoms with Gasteiger partial charge in [0, 0.05) is 28.1 Å². The van der Waals surface area contributed by atoms with E-state index in [0.29, 0.717) is 28.6 Å². The summed E-state index contributed by atoms with van der Waals surface area (Å²) in [5.41, 5.74) is 4.80. The first-order chi connectivity index (χ1) is 19.7. The molecule has 0 aliphatic carbocycles. The second kappa shape index (κ2) is 8.68. The third kappa shape index (κ3) is 3.41. The molecule has 4 aromatic carbocycles. The van der Waals surface area contributed by atoms with Crippen molar-refractivity contribution in [3.63, 3.8) is 0 Å². The molecule has 0 spiro atoms. The number of hydrogen-bond donors (Lipinski definition) is 0. The molecule has 0 bridgehead atoms. The van der Waals surface area contributed by atoms with E-state index in [1.165, 1.54) is 0 Å². The molecule has 0 fully saturated rings. The van der Waals surface area contributed by atoms with E-state index in [4.69, 9.17) is 15.0 Å². The molecule has 7 nitrogen and oxygen atoms in total. The molecule has 4 heterocycles. The number of aromatic nitrogens is 6. The van der Waals surface area contributed by atoms with Crippen molar-refractivity contribution in [2.75, 3.05) is 0 Å². The van der Waals surface area contributed by atoms with Crippen LogP contribution in [0, 0.1) is 0 Å². The van der Waals surface area contributed by atoms with Crippen molar-refractivity contribution in [1.29, 1.82) is 0 Å². The Kier molecular flexibility index (Phi) is 4.84. The van der Waals surface area contributed by atoms with Crippen LogP contribution in [0.15, 0.2) is 126 Å². The van der Waals surface area contributed by atoms with Crippen LogP contribution in [0.4, 0.5) is 0 Å². The van der Waals surface area contributed by atoms with Gasteiger partial charge in [-0.05, 0) is 24.3 Å². The molecule has 0 saturated heterocycles. The van der Waals surface area contributed by atoms with E-state index >= 15 is 0 Å². The lowest BCUT2D eigenvalue weighted by molar-refractivity contribution is 0.950. The zero-order chi connectivity index (χ0) is 26.6. The lowest BCUT2D eigenvalue weighted by Gasteiger charge is -2.11. The zero-order valence-electron chi connectivity index (χ0n) is 21.1. The maximum Gasteiger partial charge on any atom is 0.281 e. The molecule has 8 aromatic rings. The summed E-state index contributed by atoms with van der Waals surface area (Å²) in [4.78, 5) is 32.1. The predicted molar refractivity (Wildman–Crippen MR) is 158 cm³/mol. The molecule has 0 saturated carbocycles. The van der Waals surface area contributed by atoms with Gasteiger partial charge in [0.05, 0.1) is 21.9 Å². The van der Waals surface area contributed by atoms with E-state index < -0.39 is 0 Å². The highest BCUT2D eigenvalue weighted by atomic mass is 16.1. The molecular weight excluding hydrogens is 496 g/mol. The van der Waals surface area contributed by atoms with Crippen LogP contribution in [0.1, 0.15) is 0 Å². The summed E-state index contributed by atoms with van der Waals surface area (Å²) in [6.45, 7) is 0. The predicted octanol–water partition coefficient (Wildman–Crippen LogP) is 6.46. The quantitative estimate of drug-likeness (QED) is 0.252. The molecule has 0 radical (unpaired) electrons. The molecule has 0 unspecified atom stereocenters. The highest BCUT2D eigenvalue weighted by molar-refractivity contribution is 6.10. The van der Waals surface area contributed by atoms with Crippen LogP contribution in [-0.2, 0) is 0 Å². The average molecular weight is 517 g/mol. The first-order valence-electron chi connectivity index (χ1n) is 13.0. The maximum atomic E-state index is 12.8. The number of hydrogen-bond acceptors (Lipinski definition) is 5. The Hall–Kier alpha value is -5.69. The Balaban J connectivity index is 1.51. The number of para-hydroxylation sites is 2. The van der Waals surface area contributed by atoms with Crippen molar-refractivity contribution in [2.45, 2.75) is 0 Å². The molecule has 7 heteroatoms. The van der Waals surface area contributed by atoms with Gasteiger partial charge in [0.1, 0.15) is 5.65 Å². The molecule has 0 aliphatic heterocycles. The average Bonchev–Trinajstić information content (AvgIpc) is 3.34. The number of nitrogens with zero attached hydrogens (tertiary/aromatic N) is 6. The summed E-state index contributed by atoms with van der Waals surface area (Å²) in [5, 5.41) is 2.55. The Labute approximate surface area is 227 Å². The third-order valence-corrected chi connectivity index (χ3v) is 7.22. The number of pyridine rings is 1. The van der Waals surface area contributed by atoms with Gasteiger partial charge in [0.2, 0.25) is 5.95 Å². The topological polar surface area (TPSA) is 78.0 Å².